The van der Waals surface area contributed by atoms with Gasteiger partial charge in [-0.3, -0.25) is 14.8 Å². The minimum Gasteiger partial charge on any atom is -0.505 e. The van der Waals surface area contributed by atoms with Crippen LogP contribution >= 0.6 is 11.3 Å². The zero-order chi connectivity index (χ0) is 25.4. The fraction of sp³-hybridized carbons (Fsp3) is 0.231. The average Bonchev–Trinajstić information content (AvgIpc) is 3.55. The number of anilines is 2. The summed E-state index contributed by atoms with van der Waals surface area (Å²) in [5.74, 6) is -0.395. The van der Waals surface area contributed by atoms with Crippen molar-refractivity contribution in [1.82, 2.24) is 30.4 Å². The molecule has 3 aromatic heterocycles. The molecule has 0 radical (unpaired) electrons. The van der Waals surface area contributed by atoms with Crippen molar-refractivity contribution in [2.75, 3.05) is 18.4 Å². The normalized spacial score (nSPS) is 14.8. The Labute approximate surface area is 215 Å². The van der Waals surface area contributed by atoms with Gasteiger partial charge in [0.05, 0.1) is 22.0 Å². The van der Waals surface area contributed by atoms with Crippen LogP contribution in [0.3, 0.4) is 0 Å². The highest BCUT2D eigenvalue weighted by Crippen LogP contribution is 2.31. The number of piperidine rings is 1. The molecule has 1 amide bonds. The van der Waals surface area contributed by atoms with E-state index in [-0.39, 0.29) is 17.7 Å². The van der Waals surface area contributed by atoms with Crippen LogP contribution in [0.25, 0.3) is 21.1 Å². The Morgan fingerprint density at radius 3 is 2.92 bits per heavy atom. The number of thiophene rings is 1. The summed E-state index contributed by atoms with van der Waals surface area (Å²) in [5, 5.41) is 25.2. The fourth-order valence-electron chi connectivity index (χ4n) is 4.64. The average molecular weight is 518 g/mol. The van der Waals surface area contributed by atoms with Gasteiger partial charge >= 0.3 is 0 Å². The van der Waals surface area contributed by atoms with Crippen LogP contribution in [0.5, 0.6) is 5.75 Å². The van der Waals surface area contributed by atoms with Gasteiger partial charge < -0.3 is 15.7 Å². The lowest BCUT2D eigenvalue weighted by Gasteiger charge is -2.32. The van der Waals surface area contributed by atoms with Crippen LogP contribution in [0.1, 0.15) is 28.1 Å². The predicted octanol–water partition coefficient (Wildman–Crippen LogP) is 4.55. The van der Waals surface area contributed by atoms with Crippen molar-refractivity contribution >= 4 is 49.9 Å². The standard InChI is InChI=1S/C26H24FN7O2S/c27-20-3-1-2-16(23(20)35)13-34-8-6-17(7-9-34)32-25(36)22-11-19-24(28-14-29-26(19)37-22)31-18-5-4-15-12-30-33-21(15)10-18/h1-5,10-12,14,17,35H,6-9,13H2,(H,30,33)(H,32,36)(H,28,29,31). The molecular formula is C26H24FN7O2S. The second-order valence-corrected chi connectivity index (χ2v) is 10.2. The van der Waals surface area contributed by atoms with Crippen molar-refractivity contribution in [3.8, 4) is 5.75 Å². The third-order valence-corrected chi connectivity index (χ3v) is 7.69. The molecule has 0 unspecified atom stereocenters. The summed E-state index contributed by atoms with van der Waals surface area (Å²) >= 11 is 1.33. The van der Waals surface area contributed by atoms with Crippen molar-refractivity contribution in [3.63, 3.8) is 0 Å². The number of phenolic OH excluding ortho intramolecular Hbond substituents is 1. The summed E-state index contributed by atoms with van der Waals surface area (Å²) in [4.78, 5) is 25.3. The maximum atomic E-state index is 13.6. The van der Waals surface area contributed by atoms with Gasteiger partial charge in [-0.1, -0.05) is 12.1 Å². The SMILES string of the molecule is O=C(NC1CCN(Cc2cccc(F)c2O)CC1)c1cc2c(Nc3ccc4cn[nH]c4c3)ncnc2s1. The quantitative estimate of drug-likeness (QED) is 0.261. The molecule has 11 heteroatoms. The van der Waals surface area contributed by atoms with Gasteiger partial charge in [0.15, 0.2) is 11.6 Å². The van der Waals surface area contributed by atoms with Crippen LogP contribution in [0.4, 0.5) is 15.9 Å². The molecule has 188 valence electrons. The number of hydrogen-bond donors (Lipinski definition) is 4. The number of carbonyl (C=O) groups excluding carboxylic acids is 1. The van der Waals surface area contributed by atoms with Crippen LogP contribution in [-0.4, -0.2) is 55.2 Å². The van der Waals surface area contributed by atoms with E-state index in [2.05, 4.69) is 35.7 Å². The Kier molecular flexibility index (Phi) is 6.15. The molecular weight excluding hydrogens is 493 g/mol. The Bertz CT molecular complexity index is 1590. The number of aromatic nitrogens is 4. The number of aromatic hydroxyl groups is 1. The molecule has 1 fully saturated rings. The number of amides is 1. The topological polar surface area (TPSA) is 119 Å². The van der Waals surface area contributed by atoms with Crippen LogP contribution < -0.4 is 10.6 Å². The van der Waals surface area contributed by atoms with Gasteiger partial charge in [0.25, 0.3) is 5.91 Å². The number of para-hydroxylation sites is 1. The molecule has 37 heavy (non-hydrogen) atoms. The molecule has 6 rings (SSSR count). The predicted molar refractivity (Wildman–Crippen MR) is 141 cm³/mol. The van der Waals surface area contributed by atoms with Gasteiger partial charge in [-0.2, -0.15) is 5.10 Å². The molecule has 4 heterocycles. The third kappa shape index (κ3) is 4.83. The van der Waals surface area contributed by atoms with E-state index in [0.29, 0.717) is 22.8 Å². The molecule has 5 aromatic rings. The minimum atomic E-state index is -0.607. The molecule has 1 aliphatic heterocycles. The third-order valence-electron chi connectivity index (χ3n) is 6.64. The summed E-state index contributed by atoms with van der Waals surface area (Å²) < 4.78 is 13.6. The lowest BCUT2D eigenvalue weighted by molar-refractivity contribution is 0.0913. The number of phenols is 1. The van der Waals surface area contributed by atoms with Crippen molar-refractivity contribution in [2.45, 2.75) is 25.4 Å². The summed E-state index contributed by atoms with van der Waals surface area (Å²) in [7, 11) is 0. The first-order valence-electron chi connectivity index (χ1n) is 12.0. The van der Waals surface area contributed by atoms with Gasteiger partial charge in [-0.05, 0) is 43.2 Å². The van der Waals surface area contributed by atoms with Crippen molar-refractivity contribution in [1.29, 1.82) is 0 Å². The highest BCUT2D eigenvalue weighted by molar-refractivity contribution is 7.20. The molecule has 0 saturated carbocycles. The molecule has 1 saturated heterocycles. The number of likely N-dealkylation sites (tertiary alicyclic amines) is 1. The Hall–Kier alpha value is -4.09. The summed E-state index contributed by atoms with van der Waals surface area (Å²) in [6.45, 7) is 1.96. The first kappa shape index (κ1) is 23.3. The van der Waals surface area contributed by atoms with Crippen molar-refractivity contribution in [3.05, 3.63) is 71.2 Å². The Morgan fingerprint density at radius 2 is 2.05 bits per heavy atom. The van der Waals surface area contributed by atoms with Gasteiger partial charge in [0.2, 0.25) is 0 Å². The Morgan fingerprint density at radius 1 is 1.19 bits per heavy atom. The fourth-order valence-corrected chi connectivity index (χ4v) is 5.54. The number of hydrogen-bond acceptors (Lipinski definition) is 8. The number of halogens is 1. The molecule has 0 atom stereocenters. The first-order valence-corrected chi connectivity index (χ1v) is 12.8. The van der Waals surface area contributed by atoms with Crippen LogP contribution in [0.2, 0.25) is 0 Å². The number of nitrogens with zero attached hydrogens (tertiary/aromatic N) is 4. The van der Waals surface area contributed by atoms with Crippen molar-refractivity contribution < 1.29 is 14.3 Å². The van der Waals surface area contributed by atoms with Gasteiger partial charge in [0.1, 0.15) is 17.0 Å². The Balaban J connectivity index is 1.10. The maximum absolute atomic E-state index is 13.6. The van der Waals surface area contributed by atoms with E-state index in [1.54, 1.807) is 18.3 Å². The smallest absolute Gasteiger partial charge is 0.261 e. The van der Waals surface area contributed by atoms with Gasteiger partial charge in [-0.25, -0.2) is 14.4 Å². The lowest BCUT2D eigenvalue weighted by Crippen LogP contribution is -2.44. The molecule has 0 aliphatic carbocycles. The second-order valence-electron chi connectivity index (χ2n) is 9.12. The van der Waals surface area contributed by atoms with Crippen LogP contribution in [0.15, 0.2) is 55.0 Å². The first-order chi connectivity index (χ1) is 18.0. The van der Waals surface area contributed by atoms with Gasteiger partial charge in [0, 0.05) is 42.3 Å². The van der Waals surface area contributed by atoms with E-state index in [1.165, 1.54) is 23.7 Å². The molecule has 0 bridgehead atoms. The number of benzene rings is 2. The highest BCUT2D eigenvalue weighted by Gasteiger charge is 2.23. The largest absolute Gasteiger partial charge is 0.505 e. The van der Waals surface area contributed by atoms with Crippen molar-refractivity contribution in [2.24, 2.45) is 0 Å². The van der Waals surface area contributed by atoms with Crippen LogP contribution in [-0.2, 0) is 6.54 Å². The number of aromatic amines is 1. The molecule has 1 aliphatic rings. The monoisotopic (exact) mass is 517 g/mol. The minimum absolute atomic E-state index is 0.0416. The zero-order valence-electron chi connectivity index (χ0n) is 19.7. The summed E-state index contributed by atoms with van der Waals surface area (Å²) in [6, 6.07) is 12.3. The molecule has 2 aromatic carbocycles. The molecule has 4 N–H and O–H groups in total. The maximum Gasteiger partial charge on any atom is 0.261 e. The van der Waals surface area contributed by atoms with E-state index in [9.17, 15) is 14.3 Å². The number of H-pyrrole nitrogens is 1. The zero-order valence-corrected chi connectivity index (χ0v) is 20.6. The number of rotatable bonds is 6. The van der Waals surface area contributed by atoms with E-state index in [4.69, 9.17) is 0 Å². The van der Waals surface area contributed by atoms with E-state index in [0.717, 1.165) is 52.7 Å². The van der Waals surface area contributed by atoms with Crippen LogP contribution in [0, 0.1) is 5.82 Å². The van der Waals surface area contributed by atoms with E-state index >= 15 is 0 Å². The summed E-state index contributed by atoms with van der Waals surface area (Å²) in [6.07, 6.45) is 4.80. The number of carbonyl (C=O) groups is 1. The van der Waals surface area contributed by atoms with Gasteiger partial charge in [-0.15, -0.1) is 11.3 Å². The van der Waals surface area contributed by atoms with E-state index in [1.807, 2.05) is 24.3 Å². The molecule has 0 spiro atoms. The summed E-state index contributed by atoms with van der Waals surface area (Å²) in [5.41, 5.74) is 2.34. The lowest BCUT2D eigenvalue weighted by atomic mass is 10.0. The van der Waals surface area contributed by atoms with E-state index < -0.39 is 5.82 Å². The highest BCUT2D eigenvalue weighted by atomic mass is 32.1. The number of fused-ring (bicyclic) bond motifs is 2. The second kappa shape index (κ2) is 9.75. The number of nitrogens with one attached hydrogen (secondary N) is 3. The molecule has 9 nitrogen and oxygen atoms in total.